The summed E-state index contributed by atoms with van der Waals surface area (Å²) in [6, 6.07) is 5.15. The third-order valence-electron chi connectivity index (χ3n) is 2.84. The van der Waals surface area contributed by atoms with Crippen molar-refractivity contribution in [1.29, 1.82) is 0 Å². The molecule has 0 heterocycles. The SMILES string of the molecule is CCCNCC(C)S(=O)(=O)Nc1cc(Cl)ccc1C. The smallest absolute Gasteiger partial charge is 0.236 e. The van der Waals surface area contributed by atoms with Gasteiger partial charge in [-0.1, -0.05) is 24.6 Å². The van der Waals surface area contributed by atoms with Crippen molar-refractivity contribution in [2.24, 2.45) is 0 Å². The molecule has 0 saturated carbocycles. The zero-order chi connectivity index (χ0) is 14.5. The molecule has 0 saturated heterocycles. The van der Waals surface area contributed by atoms with Crippen LogP contribution < -0.4 is 10.0 Å². The van der Waals surface area contributed by atoms with Gasteiger partial charge in [-0.2, -0.15) is 0 Å². The first kappa shape index (κ1) is 16.3. The van der Waals surface area contributed by atoms with E-state index in [-0.39, 0.29) is 0 Å². The fourth-order valence-corrected chi connectivity index (χ4v) is 2.79. The molecule has 19 heavy (non-hydrogen) atoms. The fraction of sp³-hybridized carbons (Fsp3) is 0.538. The van der Waals surface area contributed by atoms with E-state index >= 15 is 0 Å². The molecular formula is C13H21ClN2O2S. The van der Waals surface area contributed by atoms with Crippen LogP contribution in [-0.2, 0) is 10.0 Å². The summed E-state index contributed by atoms with van der Waals surface area (Å²) in [7, 11) is -3.40. The first-order valence-electron chi connectivity index (χ1n) is 6.35. The third kappa shape index (κ3) is 5.01. The van der Waals surface area contributed by atoms with E-state index in [1.54, 1.807) is 25.1 Å². The summed E-state index contributed by atoms with van der Waals surface area (Å²) in [5.41, 5.74) is 1.39. The van der Waals surface area contributed by atoms with Crippen molar-refractivity contribution in [3.63, 3.8) is 0 Å². The molecule has 1 aromatic rings. The van der Waals surface area contributed by atoms with Gasteiger partial charge in [-0.25, -0.2) is 8.42 Å². The van der Waals surface area contributed by atoms with Crippen LogP contribution in [0, 0.1) is 6.92 Å². The van der Waals surface area contributed by atoms with Crippen molar-refractivity contribution in [3.05, 3.63) is 28.8 Å². The van der Waals surface area contributed by atoms with Gasteiger partial charge in [0.25, 0.3) is 0 Å². The van der Waals surface area contributed by atoms with Gasteiger partial charge >= 0.3 is 0 Å². The first-order valence-corrected chi connectivity index (χ1v) is 8.27. The van der Waals surface area contributed by atoms with E-state index in [0.29, 0.717) is 17.3 Å². The minimum absolute atomic E-state index is 0.433. The van der Waals surface area contributed by atoms with Gasteiger partial charge < -0.3 is 5.32 Å². The maximum atomic E-state index is 12.2. The molecule has 0 aliphatic heterocycles. The highest BCUT2D eigenvalue weighted by Crippen LogP contribution is 2.22. The van der Waals surface area contributed by atoms with Gasteiger partial charge in [-0.15, -0.1) is 0 Å². The summed E-state index contributed by atoms with van der Waals surface area (Å²) in [5.74, 6) is 0. The zero-order valence-electron chi connectivity index (χ0n) is 11.5. The second-order valence-corrected chi connectivity index (χ2v) is 7.16. The molecule has 0 amide bonds. The predicted molar refractivity (Wildman–Crippen MR) is 81.4 cm³/mol. The van der Waals surface area contributed by atoms with Crippen molar-refractivity contribution in [2.45, 2.75) is 32.4 Å². The van der Waals surface area contributed by atoms with Crippen LogP contribution in [0.15, 0.2) is 18.2 Å². The van der Waals surface area contributed by atoms with Crippen molar-refractivity contribution < 1.29 is 8.42 Å². The van der Waals surface area contributed by atoms with Crippen LogP contribution in [-0.4, -0.2) is 26.8 Å². The zero-order valence-corrected chi connectivity index (χ0v) is 13.1. The quantitative estimate of drug-likeness (QED) is 0.762. The molecule has 0 aliphatic carbocycles. The van der Waals surface area contributed by atoms with Gasteiger partial charge in [0, 0.05) is 11.6 Å². The molecule has 108 valence electrons. The molecule has 1 rings (SSSR count). The summed E-state index contributed by atoms with van der Waals surface area (Å²) in [6.07, 6.45) is 0.980. The average Bonchev–Trinajstić information content (AvgIpc) is 2.33. The van der Waals surface area contributed by atoms with Crippen LogP contribution >= 0.6 is 11.6 Å². The number of nitrogens with one attached hydrogen (secondary N) is 2. The predicted octanol–water partition coefficient (Wildman–Crippen LogP) is 2.78. The van der Waals surface area contributed by atoms with Crippen molar-refractivity contribution in [1.82, 2.24) is 5.32 Å². The highest BCUT2D eigenvalue weighted by atomic mass is 35.5. The highest BCUT2D eigenvalue weighted by molar-refractivity contribution is 7.93. The van der Waals surface area contributed by atoms with E-state index in [0.717, 1.165) is 18.5 Å². The van der Waals surface area contributed by atoms with E-state index in [4.69, 9.17) is 11.6 Å². The number of aryl methyl sites for hydroxylation is 1. The highest BCUT2D eigenvalue weighted by Gasteiger charge is 2.20. The summed E-state index contributed by atoms with van der Waals surface area (Å²) < 4.78 is 26.9. The Morgan fingerprint density at radius 3 is 2.68 bits per heavy atom. The molecule has 0 aromatic heterocycles. The Bertz CT molecular complexity index is 517. The Labute approximate surface area is 120 Å². The topological polar surface area (TPSA) is 58.2 Å². The van der Waals surface area contributed by atoms with Crippen LogP contribution in [0.3, 0.4) is 0 Å². The lowest BCUT2D eigenvalue weighted by Gasteiger charge is -2.16. The number of sulfonamides is 1. The van der Waals surface area contributed by atoms with Crippen molar-refractivity contribution >= 4 is 27.3 Å². The van der Waals surface area contributed by atoms with Crippen LogP contribution in [0.2, 0.25) is 5.02 Å². The Balaban J connectivity index is 2.75. The van der Waals surface area contributed by atoms with Gasteiger partial charge in [0.2, 0.25) is 10.0 Å². The Morgan fingerprint density at radius 1 is 1.37 bits per heavy atom. The number of benzene rings is 1. The van der Waals surface area contributed by atoms with Crippen LogP contribution in [0.1, 0.15) is 25.8 Å². The minimum atomic E-state index is -3.40. The molecule has 1 atom stereocenters. The second kappa shape index (κ2) is 7.12. The molecule has 2 N–H and O–H groups in total. The minimum Gasteiger partial charge on any atom is -0.315 e. The molecule has 0 aliphatic rings. The largest absolute Gasteiger partial charge is 0.315 e. The summed E-state index contributed by atoms with van der Waals surface area (Å²) in [6.45, 7) is 6.82. The number of halogens is 1. The second-order valence-electron chi connectivity index (χ2n) is 4.62. The monoisotopic (exact) mass is 304 g/mol. The molecule has 1 aromatic carbocycles. The molecule has 0 spiro atoms. The Morgan fingerprint density at radius 2 is 2.05 bits per heavy atom. The van der Waals surface area contributed by atoms with E-state index < -0.39 is 15.3 Å². The Hall–Kier alpha value is -0.780. The van der Waals surface area contributed by atoms with Gasteiger partial charge in [-0.3, -0.25) is 4.72 Å². The molecule has 0 radical (unpaired) electrons. The van der Waals surface area contributed by atoms with Gasteiger partial charge in [-0.05, 0) is 44.5 Å². The summed E-state index contributed by atoms with van der Waals surface area (Å²) in [4.78, 5) is 0. The van der Waals surface area contributed by atoms with E-state index in [1.807, 2.05) is 13.8 Å². The lowest BCUT2D eigenvalue weighted by molar-refractivity contribution is 0.575. The molecular weight excluding hydrogens is 284 g/mol. The molecule has 6 heteroatoms. The number of anilines is 1. The summed E-state index contributed by atoms with van der Waals surface area (Å²) in [5, 5.41) is 3.12. The van der Waals surface area contributed by atoms with Crippen LogP contribution in [0.4, 0.5) is 5.69 Å². The van der Waals surface area contributed by atoms with Crippen molar-refractivity contribution in [2.75, 3.05) is 17.8 Å². The fourth-order valence-electron chi connectivity index (χ4n) is 1.55. The van der Waals surface area contributed by atoms with E-state index in [1.165, 1.54) is 0 Å². The maximum absolute atomic E-state index is 12.2. The number of hydrogen-bond donors (Lipinski definition) is 2. The van der Waals surface area contributed by atoms with Crippen LogP contribution in [0.5, 0.6) is 0 Å². The Kier molecular flexibility index (Phi) is 6.10. The molecule has 0 fully saturated rings. The van der Waals surface area contributed by atoms with Gasteiger partial charge in [0.15, 0.2) is 0 Å². The number of rotatable bonds is 7. The molecule has 4 nitrogen and oxygen atoms in total. The maximum Gasteiger partial charge on any atom is 0.236 e. The summed E-state index contributed by atoms with van der Waals surface area (Å²) >= 11 is 5.88. The first-order chi connectivity index (χ1) is 8.86. The molecule has 0 bridgehead atoms. The lowest BCUT2D eigenvalue weighted by Crippen LogP contribution is -2.35. The molecule has 1 unspecified atom stereocenters. The average molecular weight is 305 g/mol. The van der Waals surface area contributed by atoms with Crippen molar-refractivity contribution in [3.8, 4) is 0 Å². The van der Waals surface area contributed by atoms with Crippen LogP contribution in [0.25, 0.3) is 0 Å². The normalized spacial score (nSPS) is 13.3. The van der Waals surface area contributed by atoms with Gasteiger partial charge in [0.1, 0.15) is 0 Å². The van der Waals surface area contributed by atoms with E-state index in [9.17, 15) is 8.42 Å². The lowest BCUT2D eigenvalue weighted by atomic mass is 10.2. The number of hydrogen-bond acceptors (Lipinski definition) is 3. The van der Waals surface area contributed by atoms with E-state index in [2.05, 4.69) is 10.0 Å². The van der Waals surface area contributed by atoms with Gasteiger partial charge in [0.05, 0.1) is 10.9 Å². The standard InChI is InChI=1S/C13H21ClN2O2S/c1-4-7-15-9-11(3)19(17,18)16-13-8-12(14)6-5-10(13)2/h5-6,8,11,15-16H,4,7,9H2,1-3H3. The third-order valence-corrected chi connectivity index (χ3v) is 4.81.